The summed E-state index contributed by atoms with van der Waals surface area (Å²) < 4.78 is 30.9. The van der Waals surface area contributed by atoms with Crippen molar-refractivity contribution >= 4 is 15.8 Å². The van der Waals surface area contributed by atoms with Crippen molar-refractivity contribution in [1.82, 2.24) is 14.5 Å². The van der Waals surface area contributed by atoms with Crippen LogP contribution in [0.3, 0.4) is 0 Å². The summed E-state index contributed by atoms with van der Waals surface area (Å²) in [6.07, 6.45) is 10.3. The Morgan fingerprint density at radius 3 is 2.41 bits per heavy atom. The molecule has 0 aliphatic carbocycles. The highest BCUT2D eigenvalue weighted by molar-refractivity contribution is 7.90. The van der Waals surface area contributed by atoms with Crippen LogP contribution in [0.5, 0.6) is 5.75 Å². The van der Waals surface area contributed by atoms with Gasteiger partial charge in [0.05, 0.1) is 4.90 Å². The van der Waals surface area contributed by atoms with Gasteiger partial charge in [-0.05, 0) is 49.2 Å². The predicted molar refractivity (Wildman–Crippen MR) is 132 cm³/mol. The van der Waals surface area contributed by atoms with E-state index in [0.717, 1.165) is 50.0 Å². The molecule has 0 spiro atoms. The second-order valence-electron chi connectivity index (χ2n) is 8.78. The van der Waals surface area contributed by atoms with Crippen LogP contribution in [-0.4, -0.2) is 47.9 Å². The number of benzene rings is 1. The Morgan fingerprint density at radius 1 is 1.12 bits per heavy atom. The molecule has 0 saturated carbocycles. The van der Waals surface area contributed by atoms with Crippen LogP contribution in [0, 0.1) is 0 Å². The van der Waals surface area contributed by atoms with E-state index in [2.05, 4.69) is 28.7 Å². The molecule has 1 fully saturated rings. The van der Waals surface area contributed by atoms with Gasteiger partial charge < -0.3 is 9.64 Å². The molecule has 0 unspecified atom stereocenters. The summed E-state index contributed by atoms with van der Waals surface area (Å²) >= 11 is 0. The molecule has 2 atom stereocenters. The van der Waals surface area contributed by atoms with Gasteiger partial charge in [0, 0.05) is 62.0 Å². The van der Waals surface area contributed by atoms with Gasteiger partial charge in [-0.3, -0.25) is 9.36 Å². The number of nitrogens with zero attached hydrogens (tertiary/aromatic N) is 4. The molecule has 9 heteroatoms. The van der Waals surface area contributed by atoms with Crippen LogP contribution in [0.4, 0.5) is 5.95 Å². The number of aromatic nitrogens is 3. The van der Waals surface area contributed by atoms with E-state index >= 15 is 0 Å². The number of sulfone groups is 1. The third kappa shape index (κ3) is 5.47. The molecule has 8 nitrogen and oxygen atoms in total. The molecule has 34 heavy (non-hydrogen) atoms. The average molecular weight is 483 g/mol. The third-order valence-electron chi connectivity index (χ3n) is 6.05. The topological polar surface area (TPSA) is 94.4 Å². The summed E-state index contributed by atoms with van der Waals surface area (Å²) in [6.45, 7) is 5.06. The number of aryl methyl sites for hydroxylation is 1. The Labute approximate surface area is 200 Å². The highest BCUT2D eigenvalue weighted by atomic mass is 32.2. The Kier molecular flexibility index (Phi) is 7.02. The normalized spacial score (nSPS) is 18.6. The van der Waals surface area contributed by atoms with Crippen LogP contribution < -0.4 is 15.2 Å². The first-order valence-corrected chi connectivity index (χ1v) is 13.4. The summed E-state index contributed by atoms with van der Waals surface area (Å²) in [6, 6.07) is 9.68. The monoisotopic (exact) mass is 482 g/mol. The number of hydrogen-bond donors (Lipinski definition) is 0. The second-order valence-corrected chi connectivity index (χ2v) is 10.8. The van der Waals surface area contributed by atoms with E-state index in [9.17, 15) is 13.2 Å². The van der Waals surface area contributed by atoms with Crippen LogP contribution in [-0.2, 0) is 16.3 Å². The van der Waals surface area contributed by atoms with E-state index in [1.165, 1.54) is 22.8 Å². The first kappa shape index (κ1) is 23.9. The van der Waals surface area contributed by atoms with Gasteiger partial charge in [0.25, 0.3) is 5.56 Å². The van der Waals surface area contributed by atoms with Gasteiger partial charge in [-0.2, -0.15) is 0 Å². The van der Waals surface area contributed by atoms with Crippen molar-refractivity contribution in [2.24, 2.45) is 0 Å². The number of piperidine rings is 1. The molecule has 2 aromatic heterocycles. The lowest BCUT2D eigenvalue weighted by molar-refractivity contribution is 0.155. The number of hydrogen-bond acceptors (Lipinski definition) is 7. The molecule has 3 aromatic rings. The molecule has 180 valence electrons. The summed E-state index contributed by atoms with van der Waals surface area (Å²) in [5, 5.41) is 0. The maximum absolute atomic E-state index is 12.7. The minimum atomic E-state index is -3.28. The van der Waals surface area contributed by atoms with Crippen LogP contribution in [0.1, 0.15) is 38.7 Å². The van der Waals surface area contributed by atoms with E-state index in [0.29, 0.717) is 11.4 Å². The second kappa shape index (κ2) is 9.97. The highest BCUT2D eigenvalue weighted by Crippen LogP contribution is 2.25. The molecule has 1 aliphatic rings. The predicted octanol–water partition coefficient (Wildman–Crippen LogP) is 3.42. The van der Waals surface area contributed by atoms with Gasteiger partial charge in [0.2, 0.25) is 5.95 Å². The molecular weight excluding hydrogens is 452 g/mol. The molecular formula is C25H30N4O4S. The van der Waals surface area contributed by atoms with Gasteiger partial charge >= 0.3 is 0 Å². The van der Waals surface area contributed by atoms with Crippen LogP contribution in [0.2, 0.25) is 0 Å². The first-order chi connectivity index (χ1) is 16.2. The fourth-order valence-electron chi connectivity index (χ4n) is 4.24. The zero-order valence-corrected chi connectivity index (χ0v) is 20.5. The van der Waals surface area contributed by atoms with Gasteiger partial charge in [0.15, 0.2) is 9.84 Å². The van der Waals surface area contributed by atoms with Crippen molar-refractivity contribution in [2.75, 3.05) is 17.7 Å². The molecule has 1 saturated heterocycles. The lowest BCUT2D eigenvalue weighted by Gasteiger charge is -2.37. The van der Waals surface area contributed by atoms with Crippen molar-refractivity contribution in [2.45, 2.75) is 56.6 Å². The minimum Gasteiger partial charge on any atom is -0.490 e. The first-order valence-electron chi connectivity index (χ1n) is 11.5. The molecule has 0 amide bonds. The van der Waals surface area contributed by atoms with E-state index in [1.54, 1.807) is 24.4 Å². The van der Waals surface area contributed by atoms with E-state index < -0.39 is 9.84 Å². The van der Waals surface area contributed by atoms with Crippen molar-refractivity contribution in [3.8, 4) is 11.4 Å². The van der Waals surface area contributed by atoms with Crippen molar-refractivity contribution in [1.29, 1.82) is 0 Å². The lowest BCUT2D eigenvalue weighted by atomic mass is 10.0. The standard InChI is InChI=1S/C25H30N4O4S/c1-4-5-19-16-26-25(27-17-19)28-12-10-21(14-18(28)2)33-22-11-13-29(24(30)15-22)20-6-8-23(9-7-20)34(3,31)32/h6-9,11,13,15-18,21H,4-5,10,12,14H2,1-3H3/t18-,21+/m0/s1. The number of rotatable bonds is 7. The molecule has 1 aromatic carbocycles. The van der Waals surface area contributed by atoms with Crippen molar-refractivity contribution in [3.05, 3.63) is 70.9 Å². The Hall–Kier alpha value is -3.20. The van der Waals surface area contributed by atoms with Crippen LogP contribution in [0.15, 0.2) is 64.7 Å². The fraction of sp³-hybridized carbons (Fsp3) is 0.400. The van der Waals surface area contributed by atoms with Gasteiger partial charge in [-0.15, -0.1) is 0 Å². The zero-order chi connectivity index (χ0) is 24.3. The molecule has 0 bridgehead atoms. The summed E-state index contributed by atoms with van der Waals surface area (Å²) in [7, 11) is -3.28. The highest BCUT2D eigenvalue weighted by Gasteiger charge is 2.28. The van der Waals surface area contributed by atoms with Gasteiger partial charge in [-0.1, -0.05) is 13.3 Å². The third-order valence-corrected chi connectivity index (χ3v) is 7.18. The smallest absolute Gasteiger partial charge is 0.258 e. The van der Waals surface area contributed by atoms with Gasteiger partial charge in [0.1, 0.15) is 11.9 Å². The zero-order valence-electron chi connectivity index (χ0n) is 19.7. The van der Waals surface area contributed by atoms with Crippen molar-refractivity contribution in [3.63, 3.8) is 0 Å². The molecule has 0 N–H and O–H groups in total. The Morgan fingerprint density at radius 2 is 1.82 bits per heavy atom. The van der Waals surface area contributed by atoms with Crippen molar-refractivity contribution < 1.29 is 13.2 Å². The molecule has 0 radical (unpaired) electrons. The van der Waals surface area contributed by atoms with Gasteiger partial charge in [-0.25, -0.2) is 18.4 Å². The lowest BCUT2D eigenvalue weighted by Crippen LogP contribution is -2.45. The fourth-order valence-corrected chi connectivity index (χ4v) is 4.87. The average Bonchev–Trinajstić information content (AvgIpc) is 2.80. The Balaban J connectivity index is 1.40. The maximum atomic E-state index is 12.7. The maximum Gasteiger partial charge on any atom is 0.258 e. The SMILES string of the molecule is CCCc1cnc(N2CC[C@@H](Oc3ccn(-c4ccc(S(C)(=O)=O)cc4)c(=O)c3)C[C@@H]2C)nc1. The summed E-state index contributed by atoms with van der Waals surface area (Å²) in [5.41, 5.74) is 1.50. The minimum absolute atomic E-state index is 0.00471. The van der Waals surface area contributed by atoms with Crippen LogP contribution >= 0.6 is 0 Å². The Bertz CT molecular complexity index is 1290. The number of anilines is 1. The largest absolute Gasteiger partial charge is 0.490 e. The van der Waals surface area contributed by atoms with Crippen LogP contribution in [0.25, 0.3) is 5.69 Å². The quantitative estimate of drug-likeness (QED) is 0.509. The summed E-state index contributed by atoms with van der Waals surface area (Å²) in [4.78, 5) is 24.2. The molecule has 1 aliphatic heterocycles. The molecule has 4 rings (SSSR count). The van der Waals surface area contributed by atoms with E-state index in [4.69, 9.17) is 4.74 Å². The molecule has 3 heterocycles. The summed E-state index contributed by atoms with van der Waals surface area (Å²) in [5.74, 6) is 1.27. The number of ether oxygens (including phenoxy) is 1. The van der Waals surface area contributed by atoms with E-state index in [1.807, 2.05) is 12.4 Å². The van der Waals surface area contributed by atoms with E-state index in [-0.39, 0.29) is 22.6 Å². The number of pyridine rings is 1.